The molecule has 0 bridgehead atoms. The second kappa shape index (κ2) is 8.93. The molecule has 0 spiro atoms. The Labute approximate surface area is 178 Å². The van der Waals surface area contributed by atoms with E-state index >= 15 is 0 Å². The average Bonchev–Trinajstić information content (AvgIpc) is 2.79. The number of ether oxygens (including phenoxy) is 3. The molecule has 3 heterocycles. The first-order chi connectivity index (χ1) is 15.0. The number of hydrogen-bond acceptors (Lipinski definition) is 7. The third-order valence-corrected chi connectivity index (χ3v) is 5.10. The van der Waals surface area contributed by atoms with Crippen molar-refractivity contribution in [3.63, 3.8) is 0 Å². The zero-order chi connectivity index (χ0) is 21.8. The highest BCUT2D eigenvalue weighted by atomic mass is 19.3. The number of rotatable bonds is 6. The van der Waals surface area contributed by atoms with E-state index in [1.54, 1.807) is 25.6 Å². The molecule has 3 N–H and O–H groups in total. The number of hydrogen-bond donors (Lipinski definition) is 2. The molecule has 1 saturated heterocycles. The zero-order valence-electron chi connectivity index (χ0n) is 16.8. The van der Waals surface area contributed by atoms with Crippen LogP contribution >= 0.6 is 0 Å². The number of aromatic nitrogens is 2. The van der Waals surface area contributed by atoms with Crippen LogP contribution in [0.5, 0.6) is 11.6 Å². The highest BCUT2D eigenvalue weighted by molar-refractivity contribution is 5.65. The monoisotopic (exact) mass is 428 g/mol. The third kappa shape index (κ3) is 4.48. The Balaban J connectivity index is 1.76. The fourth-order valence-electron chi connectivity index (χ4n) is 3.66. The lowest BCUT2D eigenvalue weighted by Crippen LogP contribution is -2.55. The maximum atomic E-state index is 12.5. The quantitative estimate of drug-likeness (QED) is 0.624. The van der Waals surface area contributed by atoms with Crippen LogP contribution in [0.1, 0.15) is 11.1 Å². The molecule has 4 rings (SSSR count). The van der Waals surface area contributed by atoms with Crippen molar-refractivity contribution >= 4 is 0 Å². The Bertz CT molecular complexity index is 1040. The van der Waals surface area contributed by atoms with Gasteiger partial charge in [0.1, 0.15) is 17.6 Å². The van der Waals surface area contributed by atoms with E-state index in [-0.39, 0.29) is 5.88 Å². The topological polar surface area (TPSA) is 91.5 Å². The smallest absolute Gasteiger partial charge is 0.388 e. The van der Waals surface area contributed by atoms with Crippen molar-refractivity contribution in [3.8, 4) is 22.8 Å². The molecule has 0 aliphatic carbocycles. The zero-order valence-corrected chi connectivity index (χ0v) is 16.8. The minimum Gasteiger partial charge on any atom is -0.495 e. The van der Waals surface area contributed by atoms with Crippen LogP contribution in [-0.2, 0) is 10.3 Å². The summed E-state index contributed by atoms with van der Waals surface area (Å²) in [5.41, 5.74) is 8.44. The van der Waals surface area contributed by atoms with Crippen LogP contribution in [0.2, 0.25) is 0 Å². The molecule has 0 radical (unpaired) electrons. The second-order valence-electron chi connectivity index (χ2n) is 7.07. The molecule has 0 saturated carbocycles. The summed E-state index contributed by atoms with van der Waals surface area (Å²) < 4.78 is 40.9. The summed E-state index contributed by atoms with van der Waals surface area (Å²) in [5.74, 6) is 0.479. The molecule has 0 amide bonds. The third-order valence-electron chi connectivity index (χ3n) is 5.10. The predicted molar refractivity (Wildman–Crippen MR) is 110 cm³/mol. The molecule has 7 nitrogen and oxygen atoms in total. The fourth-order valence-corrected chi connectivity index (χ4v) is 3.66. The van der Waals surface area contributed by atoms with Gasteiger partial charge in [-0.3, -0.25) is 4.98 Å². The molecule has 9 heteroatoms. The Morgan fingerprint density at radius 2 is 2.00 bits per heavy atom. The van der Waals surface area contributed by atoms with Crippen molar-refractivity contribution in [3.05, 3.63) is 72.2 Å². The van der Waals surface area contributed by atoms with E-state index in [0.717, 1.165) is 16.7 Å². The second-order valence-corrected chi connectivity index (χ2v) is 7.07. The first kappa shape index (κ1) is 21.1. The van der Waals surface area contributed by atoms with E-state index < -0.39 is 18.4 Å². The van der Waals surface area contributed by atoms with Gasteiger partial charge in [-0.15, -0.1) is 0 Å². The molecule has 162 valence electrons. The van der Waals surface area contributed by atoms with Gasteiger partial charge < -0.3 is 25.3 Å². The summed E-state index contributed by atoms with van der Waals surface area (Å²) in [7, 11) is 1.59. The first-order valence-electron chi connectivity index (χ1n) is 9.65. The lowest BCUT2D eigenvalue weighted by Gasteiger charge is -2.41. The SMILES string of the molecule is COc1cncc(-c2cccc(C3(c4ccc(OC(F)F)nc4)CNCC(N)O3)c2)c1. The molecule has 1 aliphatic rings. The van der Waals surface area contributed by atoms with Gasteiger partial charge in [-0.05, 0) is 29.3 Å². The normalized spacial score (nSPS) is 21.1. The standard InChI is InChI=1S/C22H22F2N4O3/c1-29-18-8-15(9-26-11-18)14-3-2-4-16(7-14)22(13-27-12-19(25)31-22)17-5-6-20(28-10-17)30-21(23)24/h2-11,19,21,27H,12-13,25H2,1H3. The number of pyridine rings is 2. The van der Waals surface area contributed by atoms with Gasteiger partial charge in [-0.1, -0.05) is 18.2 Å². The highest BCUT2D eigenvalue weighted by Crippen LogP contribution is 2.38. The summed E-state index contributed by atoms with van der Waals surface area (Å²) in [5, 5.41) is 3.29. The Hall–Kier alpha value is -3.14. The van der Waals surface area contributed by atoms with E-state index in [9.17, 15) is 8.78 Å². The van der Waals surface area contributed by atoms with Crippen LogP contribution < -0.4 is 20.5 Å². The Morgan fingerprint density at radius 1 is 1.13 bits per heavy atom. The molecule has 1 aromatic carbocycles. The van der Waals surface area contributed by atoms with Crippen LogP contribution in [0.25, 0.3) is 11.1 Å². The van der Waals surface area contributed by atoms with Gasteiger partial charge in [-0.2, -0.15) is 8.78 Å². The number of alkyl halides is 2. The maximum absolute atomic E-state index is 12.5. The van der Waals surface area contributed by atoms with Gasteiger partial charge in [0.25, 0.3) is 0 Å². The summed E-state index contributed by atoms with van der Waals surface area (Å²) in [6, 6.07) is 12.7. The summed E-state index contributed by atoms with van der Waals surface area (Å²) in [6.45, 7) is -2.03. The molecule has 2 unspecified atom stereocenters. The van der Waals surface area contributed by atoms with E-state index in [1.807, 2.05) is 30.3 Å². The number of nitrogens with zero attached hydrogens (tertiary/aromatic N) is 2. The number of morpholine rings is 1. The van der Waals surface area contributed by atoms with Gasteiger partial charge in [0.05, 0.1) is 13.3 Å². The number of methoxy groups -OCH3 is 1. The van der Waals surface area contributed by atoms with Crippen LogP contribution in [0.3, 0.4) is 0 Å². The summed E-state index contributed by atoms with van der Waals surface area (Å²) in [6.07, 6.45) is 4.29. The number of nitrogens with two attached hydrogens (primary N) is 1. The molecule has 2 aromatic heterocycles. The lowest BCUT2D eigenvalue weighted by molar-refractivity contribution is -0.0933. The largest absolute Gasteiger partial charge is 0.495 e. The van der Waals surface area contributed by atoms with E-state index in [1.165, 1.54) is 12.3 Å². The Morgan fingerprint density at radius 3 is 2.71 bits per heavy atom. The van der Waals surface area contributed by atoms with Crippen LogP contribution in [0.15, 0.2) is 61.1 Å². The Kier molecular flexibility index (Phi) is 6.08. The first-order valence-corrected chi connectivity index (χ1v) is 9.65. The van der Waals surface area contributed by atoms with E-state index in [2.05, 4.69) is 20.0 Å². The van der Waals surface area contributed by atoms with Gasteiger partial charge in [0.2, 0.25) is 5.88 Å². The van der Waals surface area contributed by atoms with Crippen molar-refractivity contribution < 1.29 is 23.0 Å². The average molecular weight is 428 g/mol. The van der Waals surface area contributed by atoms with Crippen molar-refractivity contribution in [1.29, 1.82) is 0 Å². The van der Waals surface area contributed by atoms with Crippen molar-refractivity contribution in [1.82, 2.24) is 15.3 Å². The number of benzene rings is 1. The maximum Gasteiger partial charge on any atom is 0.388 e. The van der Waals surface area contributed by atoms with E-state index in [4.69, 9.17) is 15.2 Å². The molecular formula is C22H22F2N4O3. The van der Waals surface area contributed by atoms with Gasteiger partial charge in [0, 0.05) is 42.7 Å². The van der Waals surface area contributed by atoms with Gasteiger partial charge in [-0.25, -0.2) is 4.98 Å². The molecular weight excluding hydrogens is 406 g/mol. The summed E-state index contributed by atoms with van der Waals surface area (Å²) in [4.78, 5) is 8.24. The molecule has 1 fully saturated rings. The fraction of sp³-hybridized carbons (Fsp3) is 0.273. The summed E-state index contributed by atoms with van der Waals surface area (Å²) >= 11 is 0. The van der Waals surface area contributed by atoms with Gasteiger partial charge >= 0.3 is 6.61 Å². The van der Waals surface area contributed by atoms with E-state index in [0.29, 0.717) is 24.4 Å². The van der Waals surface area contributed by atoms with Crippen molar-refractivity contribution in [2.45, 2.75) is 18.4 Å². The highest BCUT2D eigenvalue weighted by Gasteiger charge is 2.40. The van der Waals surface area contributed by atoms with Crippen molar-refractivity contribution in [2.24, 2.45) is 5.73 Å². The van der Waals surface area contributed by atoms with Crippen LogP contribution in [-0.4, -0.2) is 43.0 Å². The number of nitrogens with one attached hydrogen (secondary N) is 1. The molecule has 31 heavy (non-hydrogen) atoms. The van der Waals surface area contributed by atoms with Crippen molar-refractivity contribution in [2.75, 3.05) is 20.2 Å². The minimum atomic E-state index is -2.94. The minimum absolute atomic E-state index is 0.168. The molecule has 3 aromatic rings. The van der Waals surface area contributed by atoms with Crippen LogP contribution in [0.4, 0.5) is 8.78 Å². The molecule has 2 atom stereocenters. The lowest BCUT2D eigenvalue weighted by atomic mass is 9.84. The van der Waals surface area contributed by atoms with Crippen LogP contribution in [0, 0.1) is 0 Å². The number of halogens is 2. The van der Waals surface area contributed by atoms with Gasteiger partial charge in [0.15, 0.2) is 0 Å². The predicted octanol–water partition coefficient (Wildman–Crippen LogP) is 2.90. The molecule has 1 aliphatic heterocycles.